The standard InChI is InChI=1S/C19H21ClN4OS2/c1-4-23(10-16-7-8-17(20)27-16)18(25)11-26-19-22-21-12-24(19)15-6-5-13(2)14(3)9-15/h5-9,12H,4,10-11H2,1-3H3. The van der Waals surface area contributed by atoms with E-state index in [0.29, 0.717) is 24.0 Å². The lowest BCUT2D eigenvalue weighted by Gasteiger charge is -2.19. The summed E-state index contributed by atoms with van der Waals surface area (Å²) in [6.07, 6.45) is 1.68. The molecule has 0 bridgehead atoms. The summed E-state index contributed by atoms with van der Waals surface area (Å²) >= 11 is 8.89. The summed E-state index contributed by atoms with van der Waals surface area (Å²) in [5, 5.41) is 8.91. The highest BCUT2D eigenvalue weighted by molar-refractivity contribution is 7.99. The molecule has 5 nitrogen and oxygen atoms in total. The fraction of sp³-hybridized carbons (Fsp3) is 0.316. The zero-order valence-electron chi connectivity index (χ0n) is 15.5. The maximum Gasteiger partial charge on any atom is 0.233 e. The normalized spacial score (nSPS) is 11.0. The molecule has 0 spiro atoms. The first-order chi connectivity index (χ1) is 13.0. The number of aromatic nitrogens is 3. The predicted octanol–water partition coefficient (Wildman–Crippen LogP) is 4.74. The highest BCUT2D eigenvalue weighted by Crippen LogP contribution is 2.24. The summed E-state index contributed by atoms with van der Waals surface area (Å²) in [6.45, 7) is 7.38. The SMILES string of the molecule is CCN(Cc1ccc(Cl)s1)C(=O)CSc1nncn1-c1ccc(C)c(C)c1. The van der Waals surface area contributed by atoms with Crippen molar-refractivity contribution in [2.75, 3.05) is 12.3 Å². The van der Waals surface area contributed by atoms with Crippen LogP contribution in [-0.4, -0.2) is 37.9 Å². The van der Waals surface area contributed by atoms with Crippen LogP contribution in [0.2, 0.25) is 4.34 Å². The van der Waals surface area contributed by atoms with E-state index >= 15 is 0 Å². The number of thioether (sulfide) groups is 1. The number of nitrogens with zero attached hydrogens (tertiary/aromatic N) is 4. The molecule has 0 saturated heterocycles. The maximum atomic E-state index is 12.6. The molecule has 1 amide bonds. The Bertz CT molecular complexity index is 937. The number of thiophene rings is 1. The number of halogens is 1. The molecule has 0 N–H and O–H groups in total. The van der Waals surface area contributed by atoms with Gasteiger partial charge in [-0.05, 0) is 56.2 Å². The second kappa shape index (κ2) is 8.91. The number of amides is 1. The largest absolute Gasteiger partial charge is 0.337 e. The van der Waals surface area contributed by atoms with Crippen LogP contribution >= 0.6 is 34.7 Å². The van der Waals surface area contributed by atoms with Crippen molar-refractivity contribution in [1.29, 1.82) is 0 Å². The summed E-state index contributed by atoms with van der Waals surface area (Å²) in [5.41, 5.74) is 3.45. The minimum Gasteiger partial charge on any atom is -0.337 e. The molecule has 0 atom stereocenters. The molecular weight excluding hydrogens is 400 g/mol. The monoisotopic (exact) mass is 420 g/mol. The molecule has 0 aliphatic carbocycles. The van der Waals surface area contributed by atoms with Crippen molar-refractivity contribution in [2.24, 2.45) is 0 Å². The van der Waals surface area contributed by atoms with E-state index in [1.54, 1.807) is 6.33 Å². The van der Waals surface area contributed by atoms with E-state index in [-0.39, 0.29) is 5.91 Å². The van der Waals surface area contributed by atoms with Gasteiger partial charge in [0.2, 0.25) is 5.91 Å². The second-order valence-electron chi connectivity index (χ2n) is 6.15. The van der Waals surface area contributed by atoms with Crippen LogP contribution in [0.1, 0.15) is 22.9 Å². The number of aryl methyl sites for hydroxylation is 2. The third-order valence-electron chi connectivity index (χ3n) is 4.32. The average Bonchev–Trinajstić information content (AvgIpc) is 3.28. The van der Waals surface area contributed by atoms with E-state index < -0.39 is 0 Å². The van der Waals surface area contributed by atoms with Gasteiger partial charge in [-0.2, -0.15) is 0 Å². The lowest BCUT2D eigenvalue weighted by atomic mass is 10.1. The summed E-state index contributed by atoms with van der Waals surface area (Å²) in [4.78, 5) is 15.6. The minimum atomic E-state index is 0.0710. The van der Waals surface area contributed by atoms with Crippen LogP contribution in [0, 0.1) is 13.8 Å². The Morgan fingerprint density at radius 2 is 2.07 bits per heavy atom. The quantitative estimate of drug-likeness (QED) is 0.518. The average molecular weight is 421 g/mol. The molecule has 0 fully saturated rings. The molecule has 0 aliphatic heterocycles. The van der Waals surface area contributed by atoms with Crippen LogP contribution < -0.4 is 0 Å². The zero-order chi connectivity index (χ0) is 19.4. The van der Waals surface area contributed by atoms with Crippen molar-refractivity contribution in [3.8, 4) is 5.69 Å². The first-order valence-corrected chi connectivity index (χ1v) is 10.8. The minimum absolute atomic E-state index is 0.0710. The molecule has 1 aromatic carbocycles. The predicted molar refractivity (Wildman–Crippen MR) is 112 cm³/mol. The van der Waals surface area contributed by atoms with Gasteiger partial charge in [-0.1, -0.05) is 29.4 Å². The Balaban J connectivity index is 1.66. The van der Waals surface area contributed by atoms with Crippen molar-refractivity contribution < 1.29 is 4.79 Å². The maximum absolute atomic E-state index is 12.6. The Morgan fingerprint density at radius 3 is 2.74 bits per heavy atom. The van der Waals surface area contributed by atoms with E-state index in [1.807, 2.05) is 34.6 Å². The molecule has 3 aromatic rings. The van der Waals surface area contributed by atoms with Gasteiger partial charge in [-0.15, -0.1) is 21.5 Å². The van der Waals surface area contributed by atoms with Gasteiger partial charge < -0.3 is 4.90 Å². The first-order valence-electron chi connectivity index (χ1n) is 8.60. The molecule has 8 heteroatoms. The molecule has 0 unspecified atom stereocenters. The number of rotatable bonds is 7. The van der Waals surface area contributed by atoms with Crippen molar-refractivity contribution in [3.63, 3.8) is 0 Å². The van der Waals surface area contributed by atoms with Gasteiger partial charge in [0, 0.05) is 17.1 Å². The van der Waals surface area contributed by atoms with Gasteiger partial charge in [-0.3, -0.25) is 9.36 Å². The smallest absolute Gasteiger partial charge is 0.233 e. The van der Waals surface area contributed by atoms with Crippen molar-refractivity contribution >= 4 is 40.6 Å². The highest BCUT2D eigenvalue weighted by Gasteiger charge is 2.16. The Hall–Kier alpha value is -1.83. The van der Waals surface area contributed by atoms with E-state index in [9.17, 15) is 4.79 Å². The van der Waals surface area contributed by atoms with Gasteiger partial charge in [0.15, 0.2) is 5.16 Å². The Labute approximate surface area is 172 Å². The van der Waals surface area contributed by atoms with Crippen molar-refractivity contribution in [2.45, 2.75) is 32.5 Å². The molecule has 0 radical (unpaired) electrons. The summed E-state index contributed by atoms with van der Waals surface area (Å²) in [7, 11) is 0. The van der Waals surface area contributed by atoms with Crippen LogP contribution in [-0.2, 0) is 11.3 Å². The lowest BCUT2D eigenvalue weighted by Crippen LogP contribution is -2.31. The van der Waals surface area contributed by atoms with E-state index in [1.165, 1.54) is 34.2 Å². The third-order valence-corrected chi connectivity index (χ3v) is 6.46. The zero-order valence-corrected chi connectivity index (χ0v) is 17.9. The molecule has 27 heavy (non-hydrogen) atoms. The van der Waals surface area contributed by atoms with Gasteiger partial charge >= 0.3 is 0 Å². The second-order valence-corrected chi connectivity index (χ2v) is 8.90. The molecule has 0 aliphatic rings. The number of benzene rings is 1. The number of carbonyl (C=O) groups is 1. The highest BCUT2D eigenvalue weighted by atomic mass is 35.5. The van der Waals surface area contributed by atoms with Crippen LogP contribution in [0.4, 0.5) is 0 Å². The summed E-state index contributed by atoms with van der Waals surface area (Å²) < 4.78 is 2.66. The van der Waals surface area contributed by atoms with Gasteiger partial charge in [0.1, 0.15) is 6.33 Å². The molecule has 0 saturated carbocycles. The van der Waals surface area contributed by atoms with Crippen LogP contribution in [0.25, 0.3) is 5.69 Å². The molecule has 3 rings (SSSR count). The van der Waals surface area contributed by atoms with Crippen LogP contribution in [0.3, 0.4) is 0 Å². The van der Waals surface area contributed by atoms with Crippen LogP contribution in [0.15, 0.2) is 41.8 Å². The molecule has 2 aromatic heterocycles. The first kappa shape index (κ1) is 19.9. The fourth-order valence-corrected chi connectivity index (χ4v) is 4.53. The van der Waals surface area contributed by atoms with Crippen LogP contribution in [0.5, 0.6) is 0 Å². The topological polar surface area (TPSA) is 51.0 Å². The Kier molecular flexibility index (Phi) is 6.57. The van der Waals surface area contributed by atoms with Gasteiger partial charge in [0.05, 0.1) is 16.6 Å². The van der Waals surface area contributed by atoms with Gasteiger partial charge in [-0.25, -0.2) is 0 Å². The van der Waals surface area contributed by atoms with Crippen molar-refractivity contribution in [1.82, 2.24) is 19.7 Å². The van der Waals surface area contributed by atoms with Gasteiger partial charge in [0.25, 0.3) is 0 Å². The van der Waals surface area contributed by atoms with Crippen molar-refractivity contribution in [3.05, 3.63) is 57.0 Å². The summed E-state index contributed by atoms with van der Waals surface area (Å²) in [5.74, 6) is 0.387. The van der Waals surface area contributed by atoms with E-state index in [2.05, 4.69) is 36.2 Å². The number of hydrogen-bond acceptors (Lipinski definition) is 5. The number of hydrogen-bond donors (Lipinski definition) is 0. The molecule has 2 heterocycles. The summed E-state index contributed by atoms with van der Waals surface area (Å²) in [6, 6.07) is 10.0. The Morgan fingerprint density at radius 1 is 1.26 bits per heavy atom. The third kappa shape index (κ3) is 4.91. The van der Waals surface area contributed by atoms with E-state index in [0.717, 1.165) is 14.9 Å². The molecular formula is C19H21ClN4OS2. The molecule has 142 valence electrons. The number of carbonyl (C=O) groups excluding carboxylic acids is 1. The lowest BCUT2D eigenvalue weighted by molar-refractivity contribution is -0.128. The fourth-order valence-electron chi connectivity index (χ4n) is 2.59. The van der Waals surface area contributed by atoms with E-state index in [4.69, 9.17) is 11.6 Å².